The summed E-state index contributed by atoms with van der Waals surface area (Å²) in [5, 5.41) is 9.55. The smallest absolute Gasteiger partial charge is 0.143 e. The molecule has 2 heteroatoms. The van der Waals surface area contributed by atoms with E-state index in [1.807, 2.05) is 0 Å². The van der Waals surface area contributed by atoms with Gasteiger partial charge in [0.15, 0.2) is 0 Å². The molecule has 0 atom stereocenters. The molecule has 0 radical (unpaired) electrons. The van der Waals surface area contributed by atoms with Gasteiger partial charge in [0.1, 0.15) is 11.2 Å². The minimum Gasteiger partial charge on any atom is -0.455 e. The van der Waals surface area contributed by atoms with Gasteiger partial charge in [0, 0.05) is 33.1 Å². The Morgan fingerprint density at radius 1 is 0.274 bits per heavy atom. The van der Waals surface area contributed by atoms with Crippen LogP contribution in [0.3, 0.4) is 0 Å². The van der Waals surface area contributed by atoms with E-state index in [-0.39, 0.29) is 0 Å². The lowest BCUT2D eigenvalue weighted by Gasteiger charge is -2.28. The summed E-state index contributed by atoms with van der Waals surface area (Å²) in [5.74, 6) is 0. The van der Waals surface area contributed by atoms with Crippen molar-refractivity contribution in [1.82, 2.24) is 0 Å². The van der Waals surface area contributed by atoms with Crippen molar-refractivity contribution in [3.05, 3.63) is 237 Å². The Balaban J connectivity index is 0.973. The van der Waals surface area contributed by atoms with Crippen LogP contribution in [0.25, 0.3) is 98.8 Å². The highest BCUT2D eigenvalue weighted by Gasteiger charge is 2.19. The molecule has 0 fully saturated rings. The van der Waals surface area contributed by atoms with Gasteiger partial charge in [-0.15, -0.1) is 0 Å². The quantitative estimate of drug-likeness (QED) is 0.160. The molecule has 0 spiro atoms. The molecule has 12 rings (SSSR count). The van der Waals surface area contributed by atoms with E-state index in [0.29, 0.717) is 0 Å². The predicted octanol–water partition coefficient (Wildman–Crippen LogP) is 17.2. The summed E-state index contributed by atoms with van der Waals surface area (Å²) < 4.78 is 6.68. The SMILES string of the molecule is c1cc(-c2ccc(N(c3ccc(-c4cccc5ccccc45)cc3)c3ccccc3-c3ccc4c(c3)oc3c5ccccc5ccc43)cc2)cc(-c2cccc3ccccc23)c1. The van der Waals surface area contributed by atoms with E-state index in [0.717, 1.165) is 55.5 Å². The van der Waals surface area contributed by atoms with Gasteiger partial charge in [-0.1, -0.05) is 182 Å². The number of hydrogen-bond donors (Lipinski definition) is 0. The third kappa shape index (κ3) is 6.12. The van der Waals surface area contributed by atoms with Gasteiger partial charge in [0.25, 0.3) is 0 Å². The van der Waals surface area contributed by atoms with Crippen LogP contribution in [0.5, 0.6) is 0 Å². The highest BCUT2D eigenvalue weighted by Crippen LogP contribution is 2.44. The maximum absolute atomic E-state index is 6.68. The maximum Gasteiger partial charge on any atom is 0.143 e. The average molecular weight is 790 g/mol. The third-order valence-electron chi connectivity index (χ3n) is 12.5. The fraction of sp³-hybridized carbons (Fsp3) is 0. The molecule has 1 heterocycles. The van der Waals surface area contributed by atoms with Crippen molar-refractivity contribution in [2.24, 2.45) is 0 Å². The summed E-state index contributed by atoms with van der Waals surface area (Å²) >= 11 is 0. The van der Waals surface area contributed by atoms with Gasteiger partial charge in [0.05, 0.1) is 5.69 Å². The molecule has 0 saturated carbocycles. The molecule has 0 aliphatic heterocycles. The van der Waals surface area contributed by atoms with E-state index >= 15 is 0 Å². The average Bonchev–Trinajstić information content (AvgIpc) is 3.73. The Bertz CT molecular complexity index is 3620. The molecule has 12 aromatic rings. The molecule has 0 aliphatic carbocycles. The molecule has 0 aliphatic rings. The number of hydrogen-bond acceptors (Lipinski definition) is 2. The molecule has 11 aromatic carbocycles. The van der Waals surface area contributed by atoms with Crippen LogP contribution in [0.2, 0.25) is 0 Å². The Hall–Kier alpha value is -8.20. The monoisotopic (exact) mass is 789 g/mol. The number of rotatable bonds is 7. The van der Waals surface area contributed by atoms with E-state index in [1.165, 1.54) is 60.3 Å². The van der Waals surface area contributed by atoms with E-state index < -0.39 is 0 Å². The van der Waals surface area contributed by atoms with Crippen molar-refractivity contribution in [1.29, 1.82) is 0 Å². The van der Waals surface area contributed by atoms with Gasteiger partial charge in [-0.05, 0) is 120 Å². The van der Waals surface area contributed by atoms with Crippen molar-refractivity contribution < 1.29 is 4.42 Å². The molecule has 0 unspecified atom stereocenters. The van der Waals surface area contributed by atoms with Crippen molar-refractivity contribution in [3.8, 4) is 44.5 Å². The molecule has 290 valence electrons. The van der Waals surface area contributed by atoms with Crippen LogP contribution >= 0.6 is 0 Å². The van der Waals surface area contributed by atoms with Crippen LogP contribution in [0.4, 0.5) is 17.1 Å². The fourth-order valence-electron chi connectivity index (χ4n) is 9.43. The topological polar surface area (TPSA) is 16.4 Å². The highest BCUT2D eigenvalue weighted by atomic mass is 16.3. The number of fused-ring (bicyclic) bond motifs is 7. The van der Waals surface area contributed by atoms with E-state index in [2.05, 4.69) is 241 Å². The van der Waals surface area contributed by atoms with E-state index in [4.69, 9.17) is 4.42 Å². The summed E-state index contributed by atoms with van der Waals surface area (Å²) in [6, 6.07) is 85.4. The van der Waals surface area contributed by atoms with Crippen molar-refractivity contribution >= 4 is 71.3 Å². The first kappa shape index (κ1) is 35.7. The summed E-state index contributed by atoms with van der Waals surface area (Å²) in [5.41, 5.74) is 14.4. The first-order chi connectivity index (χ1) is 30.7. The molecule has 0 amide bonds. The van der Waals surface area contributed by atoms with Gasteiger partial charge >= 0.3 is 0 Å². The summed E-state index contributed by atoms with van der Waals surface area (Å²) in [7, 11) is 0. The standard InChI is InChI=1S/C60H39NO/c1-4-19-50-41(12-1)15-10-23-52(50)44-28-34-49(35-29-44)61(48-32-26-40(27-33-48)45-17-9-18-46(38-45)53-24-11-16-42-13-2-5-20-51(42)53)58-25-8-7-21-54(58)47-31-36-56-57-37-30-43-14-3-6-22-55(43)60(57)62-59(56)39-47/h1-39H. The molecule has 62 heavy (non-hydrogen) atoms. The Labute approximate surface area is 360 Å². The van der Waals surface area contributed by atoms with Crippen molar-refractivity contribution in [2.45, 2.75) is 0 Å². The van der Waals surface area contributed by atoms with E-state index in [9.17, 15) is 0 Å². The van der Waals surface area contributed by atoms with Crippen LogP contribution in [-0.2, 0) is 0 Å². The van der Waals surface area contributed by atoms with Crippen LogP contribution in [0.15, 0.2) is 241 Å². The second kappa shape index (κ2) is 14.8. The molecular formula is C60H39NO. The number of benzene rings is 11. The van der Waals surface area contributed by atoms with Crippen molar-refractivity contribution in [3.63, 3.8) is 0 Å². The van der Waals surface area contributed by atoms with Gasteiger partial charge in [-0.3, -0.25) is 0 Å². The second-order valence-corrected chi connectivity index (χ2v) is 16.1. The Morgan fingerprint density at radius 2 is 0.758 bits per heavy atom. The van der Waals surface area contributed by atoms with Crippen LogP contribution in [0.1, 0.15) is 0 Å². The lowest BCUT2D eigenvalue weighted by Crippen LogP contribution is -2.11. The minimum absolute atomic E-state index is 0.879. The van der Waals surface area contributed by atoms with Crippen LogP contribution < -0.4 is 4.90 Å². The van der Waals surface area contributed by atoms with Crippen LogP contribution in [0, 0.1) is 0 Å². The summed E-state index contributed by atoms with van der Waals surface area (Å²) in [4.78, 5) is 2.38. The minimum atomic E-state index is 0.879. The van der Waals surface area contributed by atoms with E-state index in [1.54, 1.807) is 0 Å². The number of nitrogens with zero attached hydrogens (tertiary/aromatic N) is 1. The largest absolute Gasteiger partial charge is 0.455 e. The van der Waals surface area contributed by atoms with Gasteiger partial charge in [-0.25, -0.2) is 0 Å². The first-order valence-corrected chi connectivity index (χ1v) is 21.2. The zero-order valence-corrected chi connectivity index (χ0v) is 33.9. The highest BCUT2D eigenvalue weighted by molar-refractivity contribution is 6.15. The Kier molecular flexibility index (Phi) is 8.53. The third-order valence-corrected chi connectivity index (χ3v) is 12.5. The molecule has 0 N–H and O–H groups in total. The zero-order chi connectivity index (χ0) is 41.0. The maximum atomic E-state index is 6.68. The zero-order valence-electron chi connectivity index (χ0n) is 33.9. The molecule has 0 bridgehead atoms. The van der Waals surface area contributed by atoms with Gasteiger partial charge < -0.3 is 9.32 Å². The van der Waals surface area contributed by atoms with Gasteiger partial charge in [-0.2, -0.15) is 0 Å². The van der Waals surface area contributed by atoms with Crippen molar-refractivity contribution in [2.75, 3.05) is 4.90 Å². The fourth-order valence-corrected chi connectivity index (χ4v) is 9.43. The molecular weight excluding hydrogens is 751 g/mol. The molecule has 2 nitrogen and oxygen atoms in total. The predicted molar refractivity (Wildman–Crippen MR) is 263 cm³/mol. The lowest BCUT2D eigenvalue weighted by molar-refractivity contribution is 0.673. The van der Waals surface area contributed by atoms with Crippen LogP contribution in [-0.4, -0.2) is 0 Å². The lowest BCUT2D eigenvalue weighted by atomic mass is 9.95. The Morgan fingerprint density at radius 3 is 1.47 bits per heavy atom. The number of furan rings is 1. The second-order valence-electron chi connectivity index (χ2n) is 16.1. The molecule has 0 saturated heterocycles. The molecule has 1 aromatic heterocycles. The number of para-hydroxylation sites is 1. The normalized spacial score (nSPS) is 11.5. The summed E-state index contributed by atoms with van der Waals surface area (Å²) in [6.45, 7) is 0. The van der Waals surface area contributed by atoms with Gasteiger partial charge in [0.2, 0.25) is 0 Å². The number of anilines is 3. The summed E-state index contributed by atoms with van der Waals surface area (Å²) in [6.07, 6.45) is 0. The first-order valence-electron chi connectivity index (χ1n) is 21.2.